The van der Waals surface area contributed by atoms with Crippen LogP contribution in [0.4, 0.5) is 0 Å². The Bertz CT molecular complexity index is 140. The predicted molar refractivity (Wildman–Crippen MR) is 41.4 cm³/mol. The molecule has 0 aromatic rings. The van der Waals surface area contributed by atoms with Crippen molar-refractivity contribution in [3.63, 3.8) is 0 Å². The first kappa shape index (κ1) is 7.53. The molecule has 0 bridgehead atoms. The van der Waals surface area contributed by atoms with Crippen LogP contribution >= 0.6 is 0 Å². The van der Waals surface area contributed by atoms with Crippen molar-refractivity contribution in [2.75, 3.05) is 26.3 Å². The molecule has 0 unspecified atom stereocenters. The van der Waals surface area contributed by atoms with E-state index in [4.69, 9.17) is 4.74 Å². The quantitative estimate of drug-likeness (QED) is 0.530. The van der Waals surface area contributed by atoms with E-state index in [-0.39, 0.29) is 6.10 Å². The third kappa shape index (κ3) is 1.55. The van der Waals surface area contributed by atoms with Crippen LogP contribution in [0.1, 0.15) is 12.8 Å². The molecular formula is C8H15NO2. The van der Waals surface area contributed by atoms with Gasteiger partial charge in [0, 0.05) is 19.1 Å². The van der Waals surface area contributed by atoms with E-state index in [0.717, 1.165) is 39.1 Å². The first-order valence-electron chi connectivity index (χ1n) is 4.36. The number of fused-ring (bicyclic) bond motifs is 1. The van der Waals surface area contributed by atoms with Gasteiger partial charge in [-0.1, -0.05) is 0 Å². The summed E-state index contributed by atoms with van der Waals surface area (Å²) in [6.45, 7) is 3.56. The fraction of sp³-hybridized carbons (Fsp3) is 1.00. The van der Waals surface area contributed by atoms with E-state index in [1.54, 1.807) is 0 Å². The van der Waals surface area contributed by atoms with Crippen LogP contribution in [0.2, 0.25) is 0 Å². The zero-order valence-corrected chi connectivity index (χ0v) is 6.70. The summed E-state index contributed by atoms with van der Waals surface area (Å²) in [6.07, 6.45) is 1.95. The van der Waals surface area contributed by atoms with Crippen molar-refractivity contribution < 1.29 is 9.84 Å². The number of ether oxygens (including phenoxy) is 1. The van der Waals surface area contributed by atoms with Crippen molar-refractivity contribution in [1.29, 1.82) is 0 Å². The molecular weight excluding hydrogens is 142 g/mol. The summed E-state index contributed by atoms with van der Waals surface area (Å²) in [5, 5.41) is 9.37. The van der Waals surface area contributed by atoms with E-state index in [9.17, 15) is 5.11 Å². The molecule has 0 spiro atoms. The summed E-state index contributed by atoms with van der Waals surface area (Å²) in [6, 6.07) is 0.590. The average molecular weight is 157 g/mol. The Morgan fingerprint density at radius 1 is 1.36 bits per heavy atom. The van der Waals surface area contributed by atoms with Gasteiger partial charge in [0.05, 0.1) is 19.3 Å². The van der Waals surface area contributed by atoms with Gasteiger partial charge in [0.25, 0.3) is 0 Å². The van der Waals surface area contributed by atoms with Crippen molar-refractivity contribution >= 4 is 0 Å². The Hall–Kier alpha value is -0.120. The highest BCUT2D eigenvalue weighted by molar-refractivity contribution is 4.83. The van der Waals surface area contributed by atoms with E-state index < -0.39 is 0 Å². The van der Waals surface area contributed by atoms with Gasteiger partial charge < -0.3 is 9.84 Å². The summed E-state index contributed by atoms with van der Waals surface area (Å²) in [4.78, 5) is 2.34. The maximum absolute atomic E-state index is 9.37. The SMILES string of the molecule is O[C@@H]1CC[C@@H]2COCCN2C1. The number of aliphatic hydroxyl groups is 1. The first-order chi connectivity index (χ1) is 5.36. The Morgan fingerprint density at radius 3 is 3.18 bits per heavy atom. The lowest BCUT2D eigenvalue weighted by Gasteiger charge is -2.40. The fourth-order valence-corrected chi connectivity index (χ4v) is 1.94. The van der Waals surface area contributed by atoms with E-state index in [0.29, 0.717) is 6.04 Å². The van der Waals surface area contributed by atoms with Crippen LogP contribution in [0.3, 0.4) is 0 Å². The summed E-state index contributed by atoms with van der Waals surface area (Å²) in [5.74, 6) is 0. The molecule has 2 saturated heterocycles. The van der Waals surface area contributed by atoms with Gasteiger partial charge in [0.15, 0.2) is 0 Å². The summed E-state index contributed by atoms with van der Waals surface area (Å²) in [7, 11) is 0. The lowest BCUT2D eigenvalue weighted by molar-refractivity contribution is -0.0549. The number of rotatable bonds is 0. The molecule has 3 heteroatoms. The summed E-state index contributed by atoms with van der Waals surface area (Å²) >= 11 is 0. The first-order valence-corrected chi connectivity index (χ1v) is 4.36. The molecule has 0 aliphatic carbocycles. The van der Waals surface area contributed by atoms with Gasteiger partial charge in [-0.3, -0.25) is 4.90 Å². The minimum atomic E-state index is -0.0932. The minimum absolute atomic E-state index is 0.0932. The van der Waals surface area contributed by atoms with Crippen LogP contribution in [0.25, 0.3) is 0 Å². The second-order valence-corrected chi connectivity index (χ2v) is 3.45. The molecule has 0 radical (unpaired) electrons. The predicted octanol–water partition coefficient (Wildman–Crippen LogP) is -0.158. The zero-order chi connectivity index (χ0) is 7.68. The van der Waals surface area contributed by atoms with Crippen molar-refractivity contribution in [3.05, 3.63) is 0 Å². The maximum Gasteiger partial charge on any atom is 0.0667 e. The van der Waals surface area contributed by atoms with E-state index in [2.05, 4.69) is 4.90 Å². The van der Waals surface area contributed by atoms with Crippen molar-refractivity contribution in [2.24, 2.45) is 0 Å². The van der Waals surface area contributed by atoms with Crippen molar-refractivity contribution in [2.45, 2.75) is 25.0 Å². The maximum atomic E-state index is 9.37. The molecule has 1 N–H and O–H groups in total. The van der Waals surface area contributed by atoms with Gasteiger partial charge in [-0.15, -0.1) is 0 Å². The monoisotopic (exact) mass is 157 g/mol. The van der Waals surface area contributed by atoms with Gasteiger partial charge in [-0.25, -0.2) is 0 Å². The lowest BCUT2D eigenvalue weighted by atomic mass is 10.00. The molecule has 2 aliphatic heterocycles. The molecule has 2 heterocycles. The highest BCUT2D eigenvalue weighted by Crippen LogP contribution is 2.19. The van der Waals surface area contributed by atoms with E-state index >= 15 is 0 Å². The van der Waals surface area contributed by atoms with Gasteiger partial charge in [-0.05, 0) is 12.8 Å². The number of hydrogen-bond acceptors (Lipinski definition) is 3. The molecule has 0 saturated carbocycles. The van der Waals surface area contributed by atoms with Crippen LogP contribution in [-0.2, 0) is 4.74 Å². The Morgan fingerprint density at radius 2 is 2.27 bits per heavy atom. The number of hydrogen-bond donors (Lipinski definition) is 1. The number of nitrogens with zero attached hydrogens (tertiary/aromatic N) is 1. The van der Waals surface area contributed by atoms with Gasteiger partial charge in [0.2, 0.25) is 0 Å². The number of morpholine rings is 1. The molecule has 0 amide bonds. The third-order valence-electron chi connectivity index (χ3n) is 2.63. The molecule has 64 valence electrons. The number of piperidine rings is 1. The van der Waals surface area contributed by atoms with E-state index in [1.807, 2.05) is 0 Å². The smallest absolute Gasteiger partial charge is 0.0667 e. The average Bonchev–Trinajstić information content (AvgIpc) is 2.04. The fourth-order valence-electron chi connectivity index (χ4n) is 1.94. The third-order valence-corrected chi connectivity index (χ3v) is 2.63. The van der Waals surface area contributed by atoms with Gasteiger partial charge in [-0.2, -0.15) is 0 Å². The van der Waals surface area contributed by atoms with Gasteiger partial charge in [0.1, 0.15) is 0 Å². The zero-order valence-electron chi connectivity index (χ0n) is 6.70. The van der Waals surface area contributed by atoms with E-state index in [1.165, 1.54) is 0 Å². The highest BCUT2D eigenvalue weighted by atomic mass is 16.5. The van der Waals surface area contributed by atoms with Crippen LogP contribution in [0.15, 0.2) is 0 Å². The molecule has 0 aromatic carbocycles. The standard InChI is InChI=1S/C8H15NO2/c10-8-2-1-7-6-11-4-3-9(7)5-8/h7-8,10H,1-6H2/t7-,8-/m1/s1. The molecule has 3 nitrogen and oxygen atoms in total. The largest absolute Gasteiger partial charge is 0.392 e. The summed E-state index contributed by atoms with van der Waals surface area (Å²) in [5.41, 5.74) is 0. The molecule has 2 aliphatic rings. The molecule has 0 aromatic heterocycles. The van der Waals surface area contributed by atoms with Crippen LogP contribution < -0.4 is 0 Å². The van der Waals surface area contributed by atoms with Crippen LogP contribution in [-0.4, -0.2) is 48.5 Å². The Labute approximate surface area is 66.9 Å². The van der Waals surface area contributed by atoms with Crippen molar-refractivity contribution in [1.82, 2.24) is 4.90 Å². The second kappa shape index (κ2) is 3.09. The van der Waals surface area contributed by atoms with Gasteiger partial charge >= 0.3 is 0 Å². The van der Waals surface area contributed by atoms with Crippen LogP contribution in [0, 0.1) is 0 Å². The highest BCUT2D eigenvalue weighted by Gasteiger charge is 2.29. The molecule has 11 heavy (non-hydrogen) atoms. The van der Waals surface area contributed by atoms with Crippen LogP contribution in [0.5, 0.6) is 0 Å². The topological polar surface area (TPSA) is 32.7 Å². The lowest BCUT2D eigenvalue weighted by Crippen LogP contribution is -2.51. The Kier molecular flexibility index (Phi) is 2.11. The summed E-state index contributed by atoms with van der Waals surface area (Å²) < 4.78 is 5.35. The normalized spacial score (nSPS) is 40.1. The number of aliphatic hydroxyl groups excluding tert-OH is 1. The molecule has 2 rings (SSSR count). The Balaban J connectivity index is 1.93. The second-order valence-electron chi connectivity index (χ2n) is 3.45. The molecule has 2 fully saturated rings. The minimum Gasteiger partial charge on any atom is -0.392 e. The van der Waals surface area contributed by atoms with Crippen molar-refractivity contribution in [3.8, 4) is 0 Å². The molecule has 2 atom stereocenters.